The predicted octanol–water partition coefficient (Wildman–Crippen LogP) is 2.77. The molecule has 1 heterocycles. The van der Waals surface area contributed by atoms with Crippen molar-refractivity contribution in [3.8, 4) is 6.07 Å². The number of carboxylic acids is 1. The van der Waals surface area contributed by atoms with Gasteiger partial charge < -0.3 is 5.11 Å². The van der Waals surface area contributed by atoms with Crippen LogP contribution in [0.2, 0.25) is 0 Å². The van der Waals surface area contributed by atoms with Crippen molar-refractivity contribution >= 4 is 5.97 Å². The number of hydrogen-bond donors (Lipinski definition) is 1. The molecule has 1 aliphatic heterocycles. The molecule has 1 aromatic rings. The quantitative estimate of drug-likeness (QED) is 0.905. The van der Waals surface area contributed by atoms with Gasteiger partial charge in [0.2, 0.25) is 0 Å². The first-order valence-electron chi connectivity index (χ1n) is 7.15. The molecule has 0 amide bonds. The van der Waals surface area contributed by atoms with Gasteiger partial charge in [-0.1, -0.05) is 25.5 Å². The zero-order chi connectivity index (χ0) is 15.5. The van der Waals surface area contributed by atoms with Gasteiger partial charge in [-0.3, -0.25) is 9.69 Å². The van der Waals surface area contributed by atoms with Crippen LogP contribution in [0.4, 0.5) is 4.39 Å². The van der Waals surface area contributed by atoms with Gasteiger partial charge in [-0.25, -0.2) is 4.39 Å². The van der Waals surface area contributed by atoms with E-state index in [9.17, 15) is 14.3 Å². The van der Waals surface area contributed by atoms with Crippen molar-refractivity contribution in [2.45, 2.75) is 32.7 Å². The highest BCUT2D eigenvalue weighted by Crippen LogP contribution is 2.36. The second-order valence-electron chi connectivity index (χ2n) is 5.69. The maximum atomic E-state index is 14.1. The van der Waals surface area contributed by atoms with Gasteiger partial charge in [-0.2, -0.15) is 5.26 Å². The first-order chi connectivity index (χ1) is 10.0. The smallest absolute Gasteiger partial charge is 0.310 e. The Labute approximate surface area is 123 Å². The van der Waals surface area contributed by atoms with Crippen molar-refractivity contribution in [3.63, 3.8) is 0 Å². The molecule has 1 saturated heterocycles. The van der Waals surface area contributed by atoms with Crippen LogP contribution in [0, 0.1) is 22.6 Å². The highest BCUT2D eigenvalue weighted by molar-refractivity contribution is 5.75. The van der Waals surface area contributed by atoms with Gasteiger partial charge in [0.15, 0.2) is 0 Å². The van der Waals surface area contributed by atoms with Crippen LogP contribution in [0.15, 0.2) is 18.2 Å². The molecule has 0 aliphatic carbocycles. The van der Waals surface area contributed by atoms with Gasteiger partial charge in [-0.05, 0) is 25.5 Å². The van der Waals surface area contributed by atoms with Crippen molar-refractivity contribution in [1.82, 2.24) is 4.90 Å². The highest BCUT2D eigenvalue weighted by Gasteiger charge is 2.43. The minimum Gasteiger partial charge on any atom is -0.481 e. The summed E-state index contributed by atoms with van der Waals surface area (Å²) in [5.41, 5.74) is -0.227. The molecule has 1 unspecified atom stereocenters. The van der Waals surface area contributed by atoms with Crippen LogP contribution in [0.25, 0.3) is 0 Å². The largest absolute Gasteiger partial charge is 0.481 e. The van der Waals surface area contributed by atoms with Crippen LogP contribution in [0.5, 0.6) is 0 Å². The summed E-state index contributed by atoms with van der Waals surface area (Å²) in [5, 5.41) is 18.3. The first-order valence-corrected chi connectivity index (χ1v) is 7.15. The number of nitriles is 1. The topological polar surface area (TPSA) is 64.3 Å². The highest BCUT2D eigenvalue weighted by atomic mass is 19.1. The summed E-state index contributed by atoms with van der Waals surface area (Å²) in [6.45, 7) is 3.40. The Morgan fingerprint density at radius 3 is 2.95 bits per heavy atom. The minimum absolute atomic E-state index is 0.0322. The predicted molar refractivity (Wildman–Crippen MR) is 76.0 cm³/mol. The molecule has 0 aromatic heterocycles. The molecule has 1 aromatic carbocycles. The van der Waals surface area contributed by atoms with E-state index in [-0.39, 0.29) is 5.56 Å². The van der Waals surface area contributed by atoms with Crippen LogP contribution in [-0.4, -0.2) is 29.1 Å². The molecule has 1 aliphatic rings. The monoisotopic (exact) mass is 290 g/mol. The summed E-state index contributed by atoms with van der Waals surface area (Å²) in [6.07, 6.45) is 2.05. The number of nitrogens with zero attached hydrogens (tertiary/aromatic N) is 2. The van der Waals surface area contributed by atoms with Gasteiger partial charge in [0.1, 0.15) is 11.9 Å². The van der Waals surface area contributed by atoms with Gasteiger partial charge in [-0.15, -0.1) is 0 Å². The lowest BCUT2D eigenvalue weighted by Crippen LogP contribution is -2.34. The van der Waals surface area contributed by atoms with Crippen LogP contribution in [0.1, 0.15) is 37.3 Å². The average Bonchev–Trinajstić information content (AvgIpc) is 2.86. The van der Waals surface area contributed by atoms with Gasteiger partial charge in [0.25, 0.3) is 0 Å². The number of hydrogen-bond acceptors (Lipinski definition) is 3. The molecule has 0 bridgehead atoms. The van der Waals surface area contributed by atoms with E-state index in [1.54, 1.807) is 12.1 Å². The van der Waals surface area contributed by atoms with E-state index in [4.69, 9.17) is 5.26 Å². The van der Waals surface area contributed by atoms with Crippen molar-refractivity contribution < 1.29 is 14.3 Å². The van der Waals surface area contributed by atoms with Gasteiger partial charge in [0.05, 0.1) is 11.0 Å². The van der Waals surface area contributed by atoms with Crippen molar-refractivity contribution in [3.05, 3.63) is 35.1 Å². The first kappa shape index (κ1) is 15.5. The molecular formula is C16H19FN2O2. The second kappa shape index (κ2) is 6.23. The molecule has 112 valence electrons. The molecule has 5 heteroatoms. The third kappa shape index (κ3) is 3.06. The number of carboxylic acid groups (broad SMARTS) is 1. The van der Waals surface area contributed by atoms with Crippen molar-refractivity contribution in [2.75, 3.05) is 13.1 Å². The lowest BCUT2D eigenvalue weighted by Gasteiger charge is -2.24. The molecule has 1 fully saturated rings. The fourth-order valence-electron chi connectivity index (χ4n) is 3.09. The Bertz CT molecular complexity index is 582. The molecule has 4 nitrogen and oxygen atoms in total. The molecule has 2 rings (SSSR count). The van der Waals surface area contributed by atoms with Gasteiger partial charge >= 0.3 is 5.97 Å². The number of benzene rings is 1. The maximum Gasteiger partial charge on any atom is 0.310 e. The SMILES string of the molecule is CCCC1(C(=O)O)CCN(Cc2cccc(C#N)c2F)C1. The zero-order valence-corrected chi connectivity index (χ0v) is 12.1. The third-order valence-corrected chi connectivity index (χ3v) is 4.21. The molecule has 1 atom stereocenters. The van der Waals surface area contributed by atoms with Gasteiger partial charge in [0, 0.05) is 18.7 Å². The summed E-state index contributed by atoms with van der Waals surface area (Å²) in [7, 11) is 0. The van der Waals surface area contributed by atoms with E-state index in [1.165, 1.54) is 6.07 Å². The van der Waals surface area contributed by atoms with Crippen molar-refractivity contribution in [2.24, 2.45) is 5.41 Å². The number of carbonyl (C=O) groups is 1. The molecule has 0 spiro atoms. The summed E-state index contributed by atoms with van der Waals surface area (Å²) >= 11 is 0. The fourth-order valence-corrected chi connectivity index (χ4v) is 3.09. The summed E-state index contributed by atoms with van der Waals surface area (Å²) in [5.74, 6) is -1.26. The lowest BCUT2D eigenvalue weighted by molar-refractivity contribution is -0.148. The molecule has 1 N–H and O–H groups in total. The van der Waals surface area contributed by atoms with E-state index in [2.05, 4.69) is 0 Å². The van der Waals surface area contributed by atoms with Crippen LogP contribution in [0.3, 0.4) is 0 Å². The van der Waals surface area contributed by atoms with E-state index in [1.807, 2.05) is 17.9 Å². The molecule has 0 saturated carbocycles. The number of likely N-dealkylation sites (tertiary alicyclic amines) is 1. The number of aliphatic carboxylic acids is 1. The Hall–Kier alpha value is -1.93. The summed E-state index contributed by atoms with van der Waals surface area (Å²) in [6, 6.07) is 6.58. The van der Waals surface area contributed by atoms with E-state index < -0.39 is 17.2 Å². The lowest BCUT2D eigenvalue weighted by atomic mass is 9.83. The normalized spacial score (nSPS) is 22.1. The Morgan fingerprint density at radius 2 is 2.33 bits per heavy atom. The third-order valence-electron chi connectivity index (χ3n) is 4.21. The van der Waals surface area contributed by atoms with E-state index in [0.29, 0.717) is 38.0 Å². The molecule has 0 radical (unpaired) electrons. The number of rotatable bonds is 5. The second-order valence-corrected chi connectivity index (χ2v) is 5.69. The maximum absolute atomic E-state index is 14.1. The molecule has 21 heavy (non-hydrogen) atoms. The van der Waals surface area contributed by atoms with E-state index >= 15 is 0 Å². The van der Waals surface area contributed by atoms with E-state index in [0.717, 1.165) is 6.42 Å². The average molecular weight is 290 g/mol. The Kier molecular flexibility index (Phi) is 4.59. The van der Waals surface area contributed by atoms with Crippen LogP contribution < -0.4 is 0 Å². The minimum atomic E-state index is -0.766. The summed E-state index contributed by atoms with van der Waals surface area (Å²) in [4.78, 5) is 13.5. The Balaban J connectivity index is 2.13. The van der Waals surface area contributed by atoms with Crippen LogP contribution >= 0.6 is 0 Å². The van der Waals surface area contributed by atoms with Crippen LogP contribution in [-0.2, 0) is 11.3 Å². The summed E-state index contributed by atoms with van der Waals surface area (Å²) < 4.78 is 14.1. The number of halogens is 1. The zero-order valence-electron chi connectivity index (χ0n) is 12.1. The van der Waals surface area contributed by atoms with Crippen molar-refractivity contribution in [1.29, 1.82) is 5.26 Å². The molecular weight excluding hydrogens is 271 g/mol. The fraction of sp³-hybridized carbons (Fsp3) is 0.500. The standard InChI is InChI=1S/C16H19FN2O2/c1-2-6-16(15(20)21)7-8-19(11-16)10-13-5-3-4-12(9-18)14(13)17/h3-5H,2,6-8,10-11H2,1H3,(H,20,21). The Morgan fingerprint density at radius 1 is 1.57 bits per heavy atom.